The number of piperidine rings is 1. The number of nitrogens with one attached hydrogen (secondary N) is 1. The van der Waals surface area contributed by atoms with E-state index in [1.54, 1.807) is 4.90 Å². The Morgan fingerprint density at radius 3 is 2.70 bits per heavy atom. The fraction of sp³-hybridized carbons (Fsp3) is 0.867. The van der Waals surface area contributed by atoms with Crippen molar-refractivity contribution in [3.8, 4) is 0 Å². The van der Waals surface area contributed by atoms with Crippen LogP contribution in [-0.4, -0.2) is 41.6 Å². The van der Waals surface area contributed by atoms with E-state index in [9.17, 15) is 9.59 Å². The summed E-state index contributed by atoms with van der Waals surface area (Å²) < 4.78 is 0. The predicted octanol–water partition coefficient (Wildman–Crippen LogP) is 2.32. The number of urea groups is 1. The topological polar surface area (TPSA) is 69.6 Å². The fourth-order valence-electron chi connectivity index (χ4n) is 3.52. The summed E-state index contributed by atoms with van der Waals surface area (Å²) in [5.41, 5.74) is 0. The van der Waals surface area contributed by atoms with Crippen molar-refractivity contribution in [2.24, 2.45) is 17.8 Å². The zero-order chi connectivity index (χ0) is 14.5. The molecular formula is C15H26N2O3. The number of carbonyl (C=O) groups is 2. The van der Waals surface area contributed by atoms with E-state index in [1.165, 1.54) is 19.3 Å². The fourth-order valence-corrected chi connectivity index (χ4v) is 3.52. The third kappa shape index (κ3) is 4.39. The molecule has 0 aromatic heterocycles. The molecule has 1 aliphatic carbocycles. The van der Waals surface area contributed by atoms with Crippen molar-refractivity contribution >= 4 is 12.0 Å². The quantitative estimate of drug-likeness (QED) is 0.831. The minimum absolute atomic E-state index is 0.0142. The minimum atomic E-state index is -0.766. The van der Waals surface area contributed by atoms with Crippen molar-refractivity contribution in [2.75, 3.05) is 19.6 Å². The van der Waals surface area contributed by atoms with Gasteiger partial charge in [-0.3, -0.25) is 4.79 Å². The van der Waals surface area contributed by atoms with E-state index in [2.05, 4.69) is 12.2 Å². The Labute approximate surface area is 120 Å². The molecule has 0 radical (unpaired) electrons. The van der Waals surface area contributed by atoms with Crippen molar-refractivity contribution < 1.29 is 14.7 Å². The number of carboxylic acids is 1. The van der Waals surface area contributed by atoms with Gasteiger partial charge in [0.1, 0.15) is 0 Å². The molecule has 2 N–H and O–H groups in total. The van der Waals surface area contributed by atoms with Crippen LogP contribution in [0.15, 0.2) is 0 Å². The molecule has 2 aliphatic rings. The normalized spacial score (nSPS) is 30.2. The van der Waals surface area contributed by atoms with Crippen LogP contribution in [0.1, 0.15) is 45.4 Å². The Hall–Kier alpha value is -1.26. The van der Waals surface area contributed by atoms with E-state index in [0.29, 0.717) is 12.5 Å². The molecule has 2 amide bonds. The Bertz CT molecular complexity index is 359. The lowest BCUT2D eigenvalue weighted by molar-refractivity contribution is -0.138. The standard InChI is InChI=1S/C15H26N2O3/c1-11-4-5-12(7-11)9-16-15(20)17-6-2-3-13(10-17)8-14(18)19/h11-13H,2-10H2,1H3,(H,16,20)(H,18,19). The molecule has 1 saturated heterocycles. The molecule has 0 bridgehead atoms. The second kappa shape index (κ2) is 6.95. The molecule has 1 saturated carbocycles. The summed E-state index contributed by atoms with van der Waals surface area (Å²) in [6, 6.07) is -0.0142. The second-order valence-electron chi connectivity index (χ2n) is 6.52. The highest BCUT2D eigenvalue weighted by atomic mass is 16.4. The van der Waals surface area contributed by atoms with E-state index in [1.807, 2.05) is 0 Å². The van der Waals surface area contributed by atoms with Gasteiger partial charge < -0.3 is 15.3 Å². The summed E-state index contributed by atoms with van der Waals surface area (Å²) in [4.78, 5) is 24.7. The number of carboxylic acid groups (broad SMARTS) is 1. The number of rotatable bonds is 4. The van der Waals surface area contributed by atoms with Crippen LogP contribution in [-0.2, 0) is 4.79 Å². The van der Waals surface area contributed by atoms with Gasteiger partial charge in [0.05, 0.1) is 0 Å². The number of likely N-dealkylation sites (tertiary alicyclic amines) is 1. The molecular weight excluding hydrogens is 256 g/mol. The molecule has 2 rings (SSSR count). The molecule has 0 aromatic rings. The first-order valence-electron chi connectivity index (χ1n) is 7.79. The Morgan fingerprint density at radius 1 is 1.25 bits per heavy atom. The van der Waals surface area contributed by atoms with Crippen molar-refractivity contribution in [2.45, 2.75) is 45.4 Å². The van der Waals surface area contributed by atoms with Gasteiger partial charge in [-0.15, -0.1) is 0 Å². The first kappa shape index (κ1) is 15.1. The third-order valence-electron chi connectivity index (χ3n) is 4.61. The van der Waals surface area contributed by atoms with Gasteiger partial charge in [-0.1, -0.05) is 13.3 Å². The molecule has 1 heterocycles. The summed E-state index contributed by atoms with van der Waals surface area (Å²) in [6.07, 6.45) is 5.68. The van der Waals surface area contributed by atoms with Crippen LogP contribution in [0, 0.1) is 17.8 Å². The summed E-state index contributed by atoms with van der Waals surface area (Å²) in [5, 5.41) is 11.9. The number of amides is 2. The van der Waals surface area contributed by atoms with Crippen molar-refractivity contribution in [1.29, 1.82) is 0 Å². The number of hydrogen-bond acceptors (Lipinski definition) is 2. The van der Waals surface area contributed by atoms with E-state index < -0.39 is 5.97 Å². The number of hydrogen-bond donors (Lipinski definition) is 2. The van der Waals surface area contributed by atoms with Gasteiger partial charge >= 0.3 is 12.0 Å². The molecule has 114 valence electrons. The van der Waals surface area contributed by atoms with Crippen LogP contribution in [0.25, 0.3) is 0 Å². The SMILES string of the molecule is CC1CCC(CNC(=O)N2CCCC(CC(=O)O)C2)C1. The van der Waals surface area contributed by atoms with Gasteiger partial charge in [-0.25, -0.2) is 4.79 Å². The third-order valence-corrected chi connectivity index (χ3v) is 4.61. The molecule has 20 heavy (non-hydrogen) atoms. The highest BCUT2D eigenvalue weighted by molar-refractivity contribution is 5.74. The van der Waals surface area contributed by atoms with Crippen LogP contribution in [0.5, 0.6) is 0 Å². The van der Waals surface area contributed by atoms with Gasteiger partial charge in [0, 0.05) is 26.1 Å². The Balaban J connectivity index is 1.72. The molecule has 3 atom stereocenters. The van der Waals surface area contributed by atoms with Gasteiger partial charge in [0.15, 0.2) is 0 Å². The van der Waals surface area contributed by atoms with Gasteiger partial charge in [-0.2, -0.15) is 0 Å². The summed E-state index contributed by atoms with van der Waals surface area (Å²) in [7, 11) is 0. The number of nitrogens with zero attached hydrogens (tertiary/aromatic N) is 1. The van der Waals surface area contributed by atoms with Crippen LogP contribution >= 0.6 is 0 Å². The van der Waals surface area contributed by atoms with Crippen molar-refractivity contribution in [1.82, 2.24) is 10.2 Å². The van der Waals surface area contributed by atoms with E-state index >= 15 is 0 Å². The Morgan fingerprint density at radius 2 is 2.05 bits per heavy atom. The molecule has 3 unspecified atom stereocenters. The summed E-state index contributed by atoms with van der Waals surface area (Å²) in [6.45, 7) is 4.37. The summed E-state index contributed by atoms with van der Waals surface area (Å²) in [5.74, 6) is 0.746. The number of aliphatic carboxylic acids is 1. The van der Waals surface area contributed by atoms with Crippen LogP contribution in [0.4, 0.5) is 4.79 Å². The highest BCUT2D eigenvalue weighted by Gasteiger charge is 2.26. The monoisotopic (exact) mass is 282 g/mol. The maximum Gasteiger partial charge on any atom is 0.317 e. The van der Waals surface area contributed by atoms with E-state index in [-0.39, 0.29) is 18.4 Å². The largest absolute Gasteiger partial charge is 0.481 e. The van der Waals surface area contributed by atoms with Crippen LogP contribution in [0.3, 0.4) is 0 Å². The molecule has 1 aliphatic heterocycles. The van der Waals surface area contributed by atoms with E-state index in [4.69, 9.17) is 5.11 Å². The molecule has 5 heteroatoms. The lowest BCUT2D eigenvalue weighted by Gasteiger charge is -2.32. The average molecular weight is 282 g/mol. The first-order chi connectivity index (χ1) is 9.54. The maximum atomic E-state index is 12.1. The van der Waals surface area contributed by atoms with Gasteiger partial charge in [0.2, 0.25) is 0 Å². The minimum Gasteiger partial charge on any atom is -0.481 e. The molecule has 0 spiro atoms. The van der Waals surface area contributed by atoms with E-state index in [0.717, 1.165) is 31.8 Å². The molecule has 0 aromatic carbocycles. The lowest BCUT2D eigenvalue weighted by Crippen LogP contribution is -2.46. The first-order valence-corrected chi connectivity index (χ1v) is 7.79. The zero-order valence-electron chi connectivity index (χ0n) is 12.3. The highest BCUT2D eigenvalue weighted by Crippen LogP contribution is 2.29. The average Bonchev–Trinajstić information content (AvgIpc) is 2.81. The van der Waals surface area contributed by atoms with Crippen LogP contribution in [0.2, 0.25) is 0 Å². The van der Waals surface area contributed by atoms with Crippen molar-refractivity contribution in [3.63, 3.8) is 0 Å². The zero-order valence-corrected chi connectivity index (χ0v) is 12.3. The number of carbonyl (C=O) groups excluding carboxylic acids is 1. The summed E-state index contributed by atoms with van der Waals surface area (Å²) >= 11 is 0. The van der Waals surface area contributed by atoms with Crippen molar-refractivity contribution in [3.05, 3.63) is 0 Å². The smallest absolute Gasteiger partial charge is 0.317 e. The second-order valence-corrected chi connectivity index (χ2v) is 6.52. The molecule has 5 nitrogen and oxygen atoms in total. The van der Waals surface area contributed by atoms with Gasteiger partial charge in [-0.05, 0) is 43.4 Å². The maximum absolute atomic E-state index is 12.1. The lowest BCUT2D eigenvalue weighted by atomic mass is 9.95. The predicted molar refractivity (Wildman–Crippen MR) is 76.5 cm³/mol. The van der Waals surface area contributed by atoms with Crippen LogP contribution < -0.4 is 5.32 Å². The Kier molecular flexibility index (Phi) is 5.26. The molecule has 2 fully saturated rings. The van der Waals surface area contributed by atoms with Gasteiger partial charge in [0.25, 0.3) is 0 Å².